The van der Waals surface area contributed by atoms with Crippen molar-refractivity contribution in [1.29, 1.82) is 0 Å². The molecule has 0 amide bonds. The summed E-state index contributed by atoms with van der Waals surface area (Å²) in [4.78, 5) is 0. The Morgan fingerprint density at radius 1 is 1.06 bits per heavy atom. The van der Waals surface area contributed by atoms with Gasteiger partial charge in [0.1, 0.15) is 0 Å². The fourth-order valence-electron chi connectivity index (χ4n) is 2.79. The Labute approximate surface area is 103 Å². The summed E-state index contributed by atoms with van der Waals surface area (Å²) in [5.41, 5.74) is 1.66. The van der Waals surface area contributed by atoms with Crippen molar-refractivity contribution in [2.24, 2.45) is 0 Å². The van der Waals surface area contributed by atoms with Crippen LogP contribution >= 0.6 is 11.6 Å². The topological polar surface area (TPSA) is 12.0 Å². The van der Waals surface area contributed by atoms with E-state index in [1.807, 2.05) is 12.1 Å². The maximum Gasteiger partial charge on any atom is 0.0410 e. The fraction of sp³-hybridized carbons (Fsp3) is 0.571. The van der Waals surface area contributed by atoms with E-state index in [1.54, 1.807) is 0 Å². The Hall–Kier alpha value is -0.530. The molecule has 1 N–H and O–H groups in total. The van der Waals surface area contributed by atoms with Crippen LogP contribution in [0.1, 0.15) is 45.6 Å². The lowest BCUT2D eigenvalue weighted by atomic mass is 9.78. The van der Waals surface area contributed by atoms with E-state index in [9.17, 15) is 0 Å². The molecule has 1 unspecified atom stereocenters. The van der Waals surface area contributed by atoms with Crippen LogP contribution in [0.25, 0.3) is 0 Å². The van der Waals surface area contributed by atoms with Crippen LogP contribution < -0.4 is 5.32 Å². The molecule has 0 aromatic heterocycles. The maximum absolute atomic E-state index is 5.93. The van der Waals surface area contributed by atoms with Gasteiger partial charge in [-0.25, -0.2) is 0 Å². The Kier molecular flexibility index (Phi) is 3.02. The molecule has 16 heavy (non-hydrogen) atoms. The normalized spacial score (nSPS) is 29.0. The standard InChI is InChI=1S/C14H20ClN/c1-13(2)9-4-10-14(3,16-13)11-5-7-12(15)8-6-11/h5-8,16H,4,9-10H2,1-3H3. The van der Waals surface area contributed by atoms with Gasteiger partial charge in [0, 0.05) is 16.1 Å². The van der Waals surface area contributed by atoms with E-state index < -0.39 is 0 Å². The number of halogens is 1. The number of hydrogen-bond acceptors (Lipinski definition) is 1. The highest BCUT2D eigenvalue weighted by Gasteiger charge is 2.36. The number of nitrogens with one attached hydrogen (secondary N) is 1. The highest BCUT2D eigenvalue weighted by molar-refractivity contribution is 6.30. The molecule has 1 nitrogen and oxygen atoms in total. The van der Waals surface area contributed by atoms with Crippen molar-refractivity contribution in [3.8, 4) is 0 Å². The van der Waals surface area contributed by atoms with Crippen molar-refractivity contribution in [1.82, 2.24) is 5.32 Å². The largest absolute Gasteiger partial charge is 0.303 e. The summed E-state index contributed by atoms with van der Waals surface area (Å²) in [6, 6.07) is 8.23. The first-order valence-electron chi connectivity index (χ1n) is 5.97. The number of benzene rings is 1. The molecule has 1 aromatic rings. The van der Waals surface area contributed by atoms with Gasteiger partial charge in [0.25, 0.3) is 0 Å². The average molecular weight is 238 g/mol. The number of rotatable bonds is 1. The molecule has 2 heteroatoms. The zero-order valence-corrected chi connectivity index (χ0v) is 11.1. The highest BCUT2D eigenvalue weighted by Crippen LogP contribution is 2.35. The quantitative estimate of drug-likeness (QED) is 0.775. The van der Waals surface area contributed by atoms with Crippen LogP contribution in [-0.2, 0) is 5.54 Å². The molecule has 1 fully saturated rings. The van der Waals surface area contributed by atoms with Gasteiger partial charge in [-0.1, -0.05) is 23.7 Å². The predicted octanol–water partition coefficient (Wildman–Crippen LogP) is 4.11. The minimum Gasteiger partial charge on any atom is -0.303 e. The van der Waals surface area contributed by atoms with Crippen molar-refractivity contribution in [3.63, 3.8) is 0 Å². The number of piperidine rings is 1. The molecule has 88 valence electrons. The minimum atomic E-state index is 0.0896. The van der Waals surface area contributed by atoms with Crippen LogP contribution in [0, 0.1) is 0 Å². The van der Waals surface area contributed by atoms with Gasteiger partial charge in [-0.15, -0.1) is 0 Å². The Morgan fingerprint density at radius 3 is 2.25 bits per heavy atom. The lowest BCUT2D eigenvalue weighted by molar-refractivity contribution is 0.168. The van der Waals surface area contributed by atoms with E-state index in [-0.39, 0.29) is 11.1 Å². The lowest BCUT2D eigenvalue weighted by Crippen LogP contribution is -2.54. The van der Waals surface area contributed by atoms with Crippen molar-refractivity contribution < 1.29 is 0 Å². The highest BCUT2D eigenvalue weighted by atomic mass is 35.5. The van der Waals surface area contributed by atoms with Gasteiger partial charge in [0.2, 0.25) is 0 Å². The van der Waals surface area contributed by atoms with Gasteiger partial charge < -0.3 is 5.32 Å². The van der Waals surface area contributed by atoms with E-state index in [0.717, 1.165) is 5.02 Å². The molecule has 0 aliphatic carbocycles. The summed E-state index contributed by atoms with van der Waals surface area (Å²) < 4.78 is 0. The van der Waals surface area contributed by atoms with Gasteiger partial charge in [-0.05, 0) is 57.7 Å². The van der Waals surface area contributed by atoms with E-state index in [4.69, 9.17) is 11.6 Å². The summed E-state index contributed by atoms with van der Waals surface area (Å²) >= 11 is 5.93. The van der Waals surface area contributed by atoms with Crippen molar-refractivity contribution in [2.75, 3.05) is 0 Å². The zero-order chi connectivity index (χ0) is 11.8. The molecule has 0 spiro atoms. The van der Waals surface area contributed by atoms with Gasteiger partial charge >= 0.3 is 0 Å². The van der Waals surface area contributed by atoms with Crippen LogP contribution in [0.3, 0.4) is 0 Å². The van der Waals surface area contributed by atoms with E-state index in [0.29, 0.717) is 0 Å². The fourth-order valence-corrected chi connectivity index (χ4v) is 2.92. The van der Waals surface area contributed by atoms with Crippen molar-refractivity contribution in [3.05, 3.63) is 34.9 Å². The Morgan fingerprint density at radius 2 is 1.69 bits per heavy atom. The summed E-state index contributed by atoms with van der Waals surface area (Å²) in [6.07, 6.45) is 3.72. The smallest absolute Gasteiger partial charge is 0.0410 e. The third kappa shape index (κ3) is 2.41. The second-order valence-corrected chi connectivity index (χ2v) is 6.14. The molecule has 0 saturated carbocycles. The molecular weight excluding hydrogens is 218 g/mol. The monoisotopic (exact) mass is 237 g/mol. The summed E-state index contributed by atoms with van der Waals surface area (Å²) in [5, 5.41) is 4.57. The van der Waals surface area contributed by atoms with E-state index in [2.05, 4.69) is 38.2 Å². The second kappa shape index (κ2) is 4.05. The molecule has 0 bridgehead atoms. The zero-order valence-electron chi connectivity index (χ0n) is 10.3. The van der Waals surface area contributed by atoms with Crippen molar-refractivity contribution >= 4 is 11.6 Å². The van der Waals surface area contributed by atoms with Gasteiger partial charge in [-0.2, -0.15) is 0 Å². The van der Waals surface area contributed by atoms with Gasteiger partial charge in [0.05, 0.1) is 0 Å². The average Bonchev–Trinajstić information content (AvgIpc) is 2.16. The summed E-state index contributed by atoms with van der Waals surface area (Å²) in [6.45, 7) is 6.85. The SMILES string of the molecule is CC1(C)CCCC(C)(c2ccc(Cl)cc2)N1. The van der Waals surface area contributed by atoms with E-state index >= 15 is 0 Å². The molecule has 2 rings (SSSR count). The Bertz CT molecular complexity index is 369. The molecule has 1 aliphatic heterocycles. The first-order valence-corrected chi connectivity index (χ1v) is 6.35. The van der Waals surface area contributed by atoms with Gasteiger partial charge in [-0.3, -0.25) is 0 Å². The summed E-state index contributed by atoms with van der Waals surface area (Å²) in [7, 11) is 0. The predicted molar refractivity (Wildman–Crippen MR) is 69.9 cm³/mol. The molecule has 0 radical (unpaired) electrons. The minimum absolute atomic E-state index is 0.0896. The van der Waals surface area contributed by atoms with Crippen LogP contribution in [0.4, 0.5) is 0 Å². The molecule has 1 atom stereocenters. The van der Waals surface area contributed by atoms with Crippen molar-refractivity contribution in [2.45, 2.75) is 51.1 Å². The second-order valence-electron chi connectivity index (χ2n) is 5.70. The first kappa shape index (κ1) is 11.9. The molecule has 1 aliphatic rings. The maximum atomic E-state index is 5.93. The van der Waals surface area contributed by atoms with Crippen LogP contribution in [0.15, 0.2) is 24.3 Å². The summed E-state index contributed by atoms with van der Waals surface area (Å²) in [5.74, 6) is 0. The lowest BCUT2D eigenvalue weighted by Gasteiger charge is -2.45. The molecule has 1 heterocycles. The molecular formula is C14H20ClN. The van der Waals surface area contributed by atoms with Crippen LogP contribution in [0.5, 0.6) is 0 Å². The Balaban J connectivity index is 2.27. The van der Waals surface area contributed by atoms with Gasteiger partial charge in [0.15, 0.2) is 0 Å². The molecule has 1 saturated heterocycles. The molecule has 1 aromatic carbocycles. The third-order valence-corrected chi connectivity index (χ3v) is 3.83. The first-order chi connectivity index (χ1) is 7.41. The van der Waals surface area contributed by atoms with E-state index in [1.165, 1.54) is 24.8 Å². The number of hydrogen-bond donors (Lipinski definition) is 1. The van der Waals surface area contributed by atoms with Crippen LogP contribution in [0.2, 0.25) is 5.02 Å². The van der Waals surface area contributed by atoms with Crippen LogP contribution in [-0.4, -0.2) is 5.54 Å². The third-order valence-electron chi connectivity index (χ3n) is 3.57.